The van der Waals surface area contributed by atoms with E-state index in [-0.39, 0.29) is 17.0 Å². The van der Waals surface area contributed by atoms with E-state index in [4.69, 9.17) is 4.74 Å². The minimum absolute atomic E-state index is 0.194. The molecule has 0 spiro atoms. The van der Waals surface area contributed by atoms with Crippen LogP contribution in [0.15, 0.2) is 41.4 Å². The molecule has 0 saturated carbocycles. The molecule has 2 fully saturated rings. The molecule has 7 nitrogen and oxygen atoms in total. The molecule has 152 valence electrons. The van der Waals surface area contributed by atoms with Crippen LogP contribution in [0.5, 0.6) is 0 Å². The molecule has 0 N–H and O–H groups in total. The summed E-state index contributed by atoms with van der Waals surface area (Å²) in [4.78, 5) is 2.66. The largest absolute Gasteiger partial charge is 0.373 e. The average Bonchev–Trinajstić information content (AvgIpc) is 3.31. The molecule has 2 aliphatic heterocycles. The number of hydrogen-bond donors (Lipinski definition) is 0. The van der Waals surface area contributed by atoms with Gasteiger partial charge in [0.15, 0.2) is 0 Å². The first kappa shape index (κ1) is 19.6. The van der Waals surface area contributed by atoms with Crippen LogP contribution in [0.1, 0.15) is 30.1 Å². The molecule has 0 unspecified atom stereocenters. The lowest BCUT2D eigenvalue weighted by molar-refractivity contribution is -0.0542. The van der Waals surface area contributed by atoms with Crippen molar-refractivity contribution in [2.24, 2.45) is 7.05 Å². The normalized spacial score (nSPS) is 24.6. The van der Waals surface area contributed by atoms with Gasteiger partial charge in [-0.2, -0.15) is 9.40 Å². The Bertz CT molecular complexity index is 907. The van der Waals surface area contributed by atoms with Gasteiger partial charge in [0.1, 0.15) is 4.90 Å². The van der Waals surface area contributed by atoms with Crippen LogP contribution >= 0.6 is 0 Å². The lowest BCUT2D eigenvalue weighted by Gasteiger charge is -2.41. The quantitative estimate of drug-likeness (QED) is 0.762. The Morgan fingerprint density at radius 1 is 1.14 bits per heavy atom. The lowest BCUT2D eigenvalue weighted by atomic mass is 9.99. The van der Waals surface area contributed by atoms with E-state index in [2.05, 4.69) is 10.00 Å². The smallest absolute Gasteiger partial charge is 0.247 e. The summed E-state index contributed by atoms with van der Waals surface area (Å²) in [6.07, 6.45) is 3.79. The van der Waals surface area contributed by atoms with Gasteiger partial charge in [0.25, 0.3) is 0 Å². The number of ether oxygens (including phenoxy) is 1. The maximum Gasteiger partial charge on any atom is 0.247 e. The third-order valence-corrected chi connectivity index (χ3v) is 7.62. The molecule has 2 aliphatic rings. The summed E-state index contributed by atoms with van der Waals surface area (Å²) >= 11 is 0. The summed E-state index contributed by atoms with van der Waals surface area (Å²) in [6.45, 7) is 5.34. The molecule has 0 bridgehead atoms. The van der Waals surface area contributed by atoms with Crippen LogP contribution in [-0.2, 0) is 21.8 Å². The minimum Gasteiger partial charge on any atom is -0.373 e. The molecule has 2 atom stereocenters. The van der Waals surface area contributed by atoms with Gasteiger partial charge in [-0.3, -0.25) is 4.68 Å². The Balaban J connectivity index is 1.72. The van der Waals surface area contributed by atoms with Crippen molar-refractivity contribution in [1.29, 1.82) is 0 Å². The molecular weight excluding hydrogens is 376 g/mol. The van der Waals surface area contributed by atoms with Gasteiger partial charge in [-0.1, -0.05) is 30.3 Å². The zero-order valence-electron chi connectivity index (χ0n) is 16.5. The zero-order chi connectivity index (χ0) is 19.7. The van der Waals surface area contributed by atoms with Gasteiger partial charge >= 0.3 is 0 Å². The molecular formula is C20H28N4O3S. The Morgan fingerprint density at radius 2 is 1.86 bits per heavy atom. The first-order valence-corrected chi connectivity index (χ1v) is 11.3. The number of hydrogen-bond acceptors (Lipinski definition) is 5. The summed E-state index contributed by atoms with van der Waals surface area (Å²) in [7, 11) is -1.94. The fourth-order valence-electron chi connectivity index (χ4n) is 4.34. The topological polar surface area (TPSA) is 67.7 Å². The molecule has 1 aromatic carbocycles. The van der Waals surface area contributed by atoms with Gasteiger partial charge in [0.2, 0.25) is 10.0 Å². The number of likely N-dealkylation sites (tertiary alicyclic amines) is 1. The van der Waals surface area contributed by atoms with Crippen LogP contribution < -0.4 is 0 Å². The van der Waals surface area contributed by atoms with Gasteiger partial charge in [-0.05, 0) is 38.4 Å². The van der Waals surface area contributed by atoms with Crippen molar-refractivity contribution in [3.8, 4) is 0 Å². The third-order valence-electron chi connectivity index (χ3n) is 5.64. The fraction of sp³-hybridized carbons (Fsp3) is 0.550. The summed E-state index contributed by atoms with van der Waals surface area (Å²) < 4.78 is 36.5. The van der Waals surface area contributed by atoms with Crippen molar-refractivity contribution in [2.45, 2.75) is 36.8 Å². The van der Waals surface area contributed by atoms with Crippen molar-refractivity contribution >= 4 is 10.0 Å². The first-order chi connectivity index (χ1) is 13.5. The van der Waals surface area contributed by atoms with Crippen LogP contribution in [0.25, 0.3) is 0 Å². The molecule has 0 aliphatic carbocycles. The van der Waals surface area contributed by atoms with Crippen molar-refractivity contribution in [3.05, 3.63) is 47.8 Å². The molecule has 28 heavy (non-hydrogen) atoms. The van der Waals surface area contributed by atoms with Crippen LogP contribution in [0.4, 0.5) is 0 Å². The first-order valence-electron chi connectivity index (χ1n) is 9.88. The number of aryl methyl sites for hydroxylation is 2. The van der Waals surface area contributed by atoms with E-state index >= 15 is 0 Å². The van der Waals surface area contributed by atoms with Crippen LogP contribution in [0.3, 0.4) is 0 Å². The number of rotatable bonds is 5. The second-order valence-corrected chi connectivity index (χ2v) is 9.50. The number of sulfonamides is 1. The standard InChI is InChI=1S/C20H28N4O3S/c1-16-19(15-22(2)21-16)28(25,26)24-12-13-27-18(14-23-10-6-7-11-23)20(24)17-8-4-3-5-9-17/h3-5,8-9,15,18,20H,6-7,10-14H2,1-2H3/t18-,20-/m0/s1. The average molecular weight is 405 g/mol. The van der Waals surface area contributed by atoms with Gasteiger partial charge in [0.05, 0.1) is 24.4 Å². The van der Waals surface area contributed by atoms with Gasteiger partial charge in [0, 0.05) is 26.3 Å². The van der Waals surface area contributed by atoms with Crippen molar-refractivity contribution in [3.63, 3.8) is 0 Å². The molecule has 1 aromatic heterocycles. The lowest BCUT2D eigenvalue weighted by Crippen LogP contribution is -2.51. The number of aromatic nitrogens is 2. The molecule has 0 radical (unpaired) electrons. The van der Waals surface area contributed by atoms with Crippen molar-refractivity contribution < 1.29 is 13.2 Å². The summed E-state index contributed by atoms with van der Waals surface area (Å²) in [6, 6.07) is 9.50. The highest BCUT2D eigenvalue weighted by Crippen LogP contribution is 2.35. The maximum absolute atomic E-state index is 13.6. The number of morpholine rings is 1. The zero-order valence-corrected chi connectivity index (χ0v) is 17.3. The van der Waals surface area contributed by atoms with E-state index in [9.17, 15) is 8.42 Å². The molecule has 2 aromatic rings. The summed E-state index contributed by atoms with van der Waals surface area (Å²) in [5, 5.41) is 4.24. The predicted octanol–water partition coefficient (Wildman–Crippen LogP) is 1.96. The molecule has 0 amide bonds. The minimum atomic E-state index is -3.68. The Kier molecular flexibility index (Phi) is 5.55. The highest BCUT2D eigenvalue weighted by molar-refractivity contribution is 7.89. The monoisotopic (exact) mass is 404 g/mol. The van der Waals surface area contributed by atoms with Crippen LogP contribution in [-0.4, -0.2) is 66.3 Å². The number of benzene rings is 1. The van der Waals surface area contributed by atoms with Gasteiger partial charge < -0.3 is 9.64 Å². The van der Waals surface area contributed by atoms with E-state index < -0.39 is 10.0 Å². The molecule has 2 saturated heterocycles. The molecule has 8 heteroatoms. The van der Waals surface area contributed by atoms with E-state index in [0.29, 0.717) is 18.8 Å². The maximum atomic E-state index is 13.6. The fourth-order valence-corrected chi connectivity index (χ4v) is 6.16. The Hall–Kier alpha value is -1.74. The Morgan fingerprint density at radius 3 is 2.50 bits per heavy atom. The van der Waals surface area contributed by atoms with E-state index in [0.717, 1.165) is 25.2 Å². The van der Waals surface area contributed by atoms with Crippen molar-refractivity contribution in [1.82, 2.24) is 19.0 Å². The SMILES string of the molecule is Cc1nn(C)cc1S(=O)(=O)N1CCO[C@@H](CN2CCCC2)[C@@H]1c1ccccc1. The molecule has 3 heterocycles. The Labute approximate surface area is 166 Å². The summed E-state index contributed by atoms with van der Waals surface area (Å²) in [5.41, 5.74) is 1.49. The van der Waals surface area contributed by atoms with E-state index in [1.807, 2.05) is 30.3 Å². The second kappa shape index (κ2) is 7.94. The summed E-state index contributed by atoms with van der Waals surface area (Å²) in [5.74, 6) is 0. The van der Waals surface area contributed by atoms with Crippen LogP contribution in [0, 0.1) is 6.92 Å². The van der Waals surface area contributed by atoms with E-state index in [1.54, 1.807) is 29.2 Å². The molecule has 4 rings (SSSR count). The number of nitrogens with zero attached hydrogens (tertiary/aromatic N) is 4. The van der Waals surface area contributed by atoms with Crippen molar-refractivity contribution in [2.75, 3.05) is 32.8 Å². The highest BCUT2D eigenvalue weighted by Gasteiger charge is 2.42. The highest BCUT2D eigenvalue weighted by atomic mass is 32.2. The van der Waals surface area contributed by atoms with Gasteiger partial charge in [-0.25, -0.2) is 8.42 Å². The van der Waals surface area contributed by atoms with Crippen LogP contribution in [0.2, 0.25) is 0 Å². The third kappa shape index (κ3) is 3.74. The second-order valence-electron chi connectivity index (χ2n) is 7.64. The van der Waals surface area contributed by atoms with Gasteiger partial charge in [-0.15, -0.1) is 0 Å². The van der Waals surface area contributed by atoms with E-state index in [1.165, 1.54) is 12.8 Å². The predicted molar refractivity (Wildman–Crippen MR) is 106 cm³/mol.